The van der Waals surface area contributed by atoms with Gasteiger partial charge in [0.05, 0.1) is 22.8 Å². The molecule has 2 aromatic carbocycles. The molecule has 1 amide bonds. The third kappa shape index (κ3) is 4.64. The highest BCUT2D eigenvalue weighted by molar-refractivity contribution is 7.14. The van der Waals surface area contributed by atoms with E-state index in [1.54, 1.807) is 31.4 Å². The first-order valence-corrected chi connectivity index (χ1v) is 9.23. The van der Waals surface area contributed by atoms with Gasteiger partial charge in [-0.3, -0.25) is 10.1 Å². The van der Waals surface area contributed by atoms with Gasteiger partial charge in [0.1, 0.15) is 5.75 Å². The highest BCUT2D eigenvalue weighted by atomic mass is 35.5. The summed E-state index contributed by atoms with van der Waals surface area (Å²) in [6.07, 6.45) is 3.08. The van der Waals surface area contributed by atoms with Crippen molar-refractivity contribution in [1.29, 1.82) is 0 Å². The first kappa shape index (κ1) is 18.5. The number of carbonyl (C=O) groups is 1. The Balaban J connectivity index is 1.67. The molecule has 0 aliphatic rings. The van der Waals surface area contributed by atoms with Crippen LogP contribution in [0.3, 0.4) is 0 Å². The largest absolute Gasteiger partial charge is 0.497 e. The van der Waals surface area contributed by atoms with E-state index in [4.69, 9.17) is 27.9 Å². The van der Waals surface area contributed by atoms with Gasteiger partial charge in [-0.1, -0.05) is 41.4 Å². The number of aromatic nitrogens is 1. The molecule has 0 unspecified atom stereocenters. The van der Waals surface area contributed by atoms with Crippen molar-refractivity contribution < 1.29 is 9.53 Å². The van der Waals surface area contributed by atoms with Gasteiger partial charge in [0.2, 0.25) is 5.91 Å². The average Bonchev–Trinajstić information content (AvgIpc) is 3.11. The third-order valence-corrected chi connectivity index (χ3v) is 4.97. The number of amides is 1. The molecule has 7 heteroatoms. The number of thiazole rings is 1. The molecule has 1 heterocycles. The second-order valence-electron chi connectivity index (χ2n) is 5.27. The van der Waals surface area contributed by atoms with Crippen molar-refractivity contribution in [2.45, 2.75) is 0 Å². The molecule has 0 aliphatic carbocycles. The van der Waals surface area contributed by atoms with Gasteiger partial charge >= 0.3 is 0 Å². The zero-order chi connectivity index (χ0) is 18.5. The van der Waals surface area contributed by atoms with Crippen LogP contribution in [-0.2, 0) is 4.79 Å². The summed E-state index contributed by atoms with van der Waals surface area (Å²) in [6.45, 7) is 0. The Kier molecular flexibility index (Phi) is 5.93. The van der Waals surface area contributed by atoms with Crippen molar-refractivity contribution in [1.82, 2.24) is 4.98 Å². The molecule has 3 aromatic rings. The maximum Gasteiger partial charge on any atom is 0.250 e. The monoisotopic (exact) mass is 404 g/mol. The van der Waals surface area contributed by atoms with E-state index in [-0.39, 0.29) is 5.91 Å². The van der Waals surface area contributed by atoms with Crippen LogP contribution in [0.2, 0.25) is 10.0 Å². The van der Waals surface area contributed by atoms with Gasteiger partial charge in [0.25, 0.3) is 0 Å². The Bertz CT molecular complexity index is 970. The number of hydrogen-bond donors (Lipinski definition) is 1. The number of nitrogens with zero attached hydrogens (tertiary/aromatic N) is 1. The summed E-state index contributed by atoms with van der Waals surface area (Å²) < 4.78 is 5.22. The molecule has 0 atom stereocenters. The lowest BCUT2D eigenvalue weighted by atomic mass is 10.2. The number of nitrogens with one attached hydrogen (secondary N) is 1. The Labute approximate surface area is 165 Å². The highest BCUT2D eigenvalue weighted by Gasteiger charge is 2.07. The average molecular weight is 405 g/mol. The van der Waals surface area contributed by atoms with Crippen molar-refractivity contribution in [3.8, 4) is 17.0 Å². The van der Waals surface area contributed by atoms with Gasteiger partial charge < -0.3 is 4.74 Å². The fraction of sp³-hybridized carbons (Fsp3) is 0.0526. The lowest BCUT2D eigenvalue weighted by molar-refractivity contribution is -0.111. The van der Waals surface area contributed by atoms with Crippen LogP contribution in [0.5, 0.6) is 5.75 Å². The van der Waals surface area contributed by atoms with Crippen LogP contribution in [0.25, 0.3) is 17.3 Å². The van der Waals surface area contributed by atoms with Crippen molar-refractivity contribution >= 4 is 51.7 Å². The van der Waals surface area contributed by atoms with Gasteiger partial charge in [0.15, 0.2) is 5.13 Å². The lowest BCUT2D eigenvalue weighted by Crippen LogP contribution is -2.07. The Morgan fingerprint density at radius 3 is 2.81 bits per heavy atom. The number of halogens is 2. The molecule has 1 aromatic heterocycles. The molecular weight excluding hydrogens is 391 g/mol. The van der Waals surface area contributed by atoms with Crippen LogP contribution in [-0.4, -0.2) is 18.0 Å². The first-order chi connectivity index (χ1) is 12.5. The zero-order valence-corrected chi connectivity index (χ0v) is 16.0. The number of benzene rings is 2. The van der Waals surface area contributed by atoms with E-state index >= 15 is 0 Å². The zero-order valence-electron chi connectivity index (χ0n) is 13.7. The van der Waals surface area contributed by atoms with Crippen LogP contribution in [0.1, 0.15) is 5.56 Å². The van der Waals surface area contributed by atoms with E-state index in [0.29, 0.717) is 15.2 Å². The summed E-state index contributed by atoms with van der Waals surface area (Å²) in [5.74, 6) is 0.480. The highest BCUT2D eigenvalue weighted by Crippen LogP contribution is 2.27. The minimum Gasteiger partial charge on any atom is -0.497 e. The molecule has 4 nitrogen and oxygen atoms in total. The van der Waals surface area contributed by atoms with E-state index in [2.05, 4.69) is 10.3 Å². The second kappa shape index (κ2) is 8.36. The summed E-state index contributed by atoms with van der Waals surface area (Å²) >= 11 is 13.2. The first-order valence-electron chi connectivity index (χ1n) is 7.59. The summed E-state index contributed by atoms with van der Waals surface area (Å²) in [7, 11) is 1.62. The van der Waals surface area contributed by atoms with Gasteiger partial charge in [-0.2, -0.15) is 0 Å². The minimum atomic E-state index is -0.275. The van der Waals surface area contributed by atoms with E-state index in [9.17, 15) is 4.79 Å². The van der Waals surface area contributed by atoms with Crippen LogP contribution < -0.4 is 10.1 Å². The Morgan fingerprint density at radius 2 is 2.04 bits per heavy atom. The molecular formula is C19H14Cl2N2O2S. The van der Waals surface area contributed by atoms with Gasteiger partial charge in [0, 0.05) is 17.0 Å². The smallest absolute Gasteiger partial charge is 0.250 e. The SMILES string of the molecule is COc1cccc(-c2csc(NC(=O)C=Cc3ccc(Cl)c(Cl)c3)n2)c1. The van der Waals surface area contributed by atoms with E-state index in [1.807, 2.05) is 29.6 Å². The van der Waals surface area contributed by atoms with E-state index < -0.39 is 0 Å². The third-order valence-electron chi connectivity index (χ3n) is 3.47. The number of anilines is 1. The minimum absolute atomic E-state index is 0.275. The number of ether oxygens (including phenoxy) is 1. The lowest BCUT2D eigenvalue weighted by Gasteiger charge is -2.01. The fourth-order valence-corrected chi connectivity index (χ4v) is 3.21. The van der Waals surface area contributed by atoms with Crippen LogP contribution in [0.15, 0.2) is 53.9 Å². The maximum absolute atomic E-state index is 12.1. The molecule has 1 N–H and O–H groups in total. The summed E-state index contributed by atoms with van der Waals surface area (Å²) in [6, 6.07) is 12.7. The van der Waals surface area contributed by atoms with Crippen molar-refractivity contribution in [2.24, 2.45) is 0 Å². The van der Waals surface area contributed by atoms with Crippen LogP contribution >= 0.6 is 34.5 Å². The Morgan fingerprint density at radius 1 is 1.19 bits per heavy atom. The van der Waals surface area contributed by atoms with E-state index in [1.165, 1.54) is 17.4 Å². The molecule has 0 radical (unpaired) electrons. The van der Waals surface area contributed by atoms with Crippen molar-refractivity contribution in [3.63, 3.8) is 0 Å². The van der Waals surface area contributed by atoms with E-state index in [0.717, 1.165) is 22.6 Å². The normalized spacial score (nSPS) is 10.9. The van der Waals surface area contributed by atoms with Crippen molar-refractivity contribution in [2.75, 3.05) is 12.4 Å². The molecule has 0 saturated heterocycles. The predicted molar refractivity (Wildman–Crippen MR) is 108 cm³/mol. The standard InChI is InChI=1S/C19H14Cl2N2O2S/c1-25-14-4-2-3-13(10-14)17-11-26-19(22-17)23-18(24)8-6-12-5-7-15(20)16(21)9-12/h2-11H,1H3,(H,22,23,24). The molecule has 0 aliphatic heterocycles. The maximum atomic E-state index is 12.1. The van der Waals surface area contributed by atoms with Crippen LogP contribution in [0.4, 0.5) is 5.13 Å². The topological polar surface area (TPSA) is 51.2 Å². The molecule has 3 rings (SSSR count). The number of rotatable bonds is 5. The molecule has 26 heavy (non-hydrogen) atoms. The fourth-order valence-electron chi connectivity index (χ4n) is 2.18. The van der Waals surface area contributed by atoms with Gasteiger partial charge in [-0.15, -0.1) is 11.3 Å². The van der Waals surface area contributed by atoms with Crippen LogP contribution in [0, 0.1) is 0 Å². The predicted octanol–water partition coefficient (Wildman–Crippen LogP) is 5.78. The number of methoxy groups -OCH3 is 1. The Hall–Kier alpha value is -2.34. The van der Waals surface area contributed by atoms with Gasteiger partial charge in [-0.05, 0) is 35.9 Å². The molecule has 0 saturated carbocycles. The number of carbonyl (C=O) groups excluding carboxylic acids is 1. The van der Waals surface area contributed by atoms with Crippen molar-refractivity contribution in [3.05, 3.63) is 69.5 Å². The molecule has 0 fully saturated rings. The molecule has 0 spiro atoms. The summed E-state index contributed by atoms with van der Waals surface area (Å²) in [5, 5.41) is 6.07. The summed E-state index contributed by atoms with van der Waals surface area (Å²) in [5.41, 5.74) is 2.48. The quantitative estimate of drug-likeness (QED) is 0.548. The number of hydrogen-bond acceptors (Lipinski definition) is 4. The van der Waals surface area contributed by atoms with Gasteiger partial charge in [-0.25, -0.2) is 4.98 Å². The second-order valence-corrected chi connectivity index (χ2v) is 6.94. The molecule has 0 bridgehead atoms. The molecule has 132 valence electrons. The summed E-state index contributed by atoms with van der Waals surface area (Å²) in [4.78, 5) is 16.5.